The van der Waals surface area contributed by atoms with Crippen molar-refractivity contribution in [2.75, 3.05) is 11.9 Å². The molecule has 0 unspecified atom stereocenters. The van der Waals surface area contributed by atoms with Gasteiger partial charge in [0.2, 0.25) is 11.5 Å². The van der Waals surface area contributed by atoms with Gasteiger partial charge in [-0.25, -0.2) is 0 Å². The highest BCUT2D eigenvalue weighted by molar-refractivity contribution is 5.79. The minimum atomic E-state index is -0.245. The summed E-state index contributed by atoms with van der Waals surface area (Å²) in [6.45, 7) is 6.14. The van der Waals surface area contributed by atoms with E-state index in [1.807, 2.05) is 60.7 Å². The Kier molecular flexibility index (Phi) is 5.59. The molecule has 6 heteroatoms. The number of nitriles is 1. The average molecular weight is 414 g/mol. The lowest BCUT2D eigenvalue weighted by molar-refractivity contribution is -0.465. The van der Waals surface area contributed by atoms with Gasteiger partial charge in [-0.1, -0.05) is 24.3 Å². The molecule has 2 heterocycles. The number of fused-ring (bicyclic) bond motifs is 3. The molecule has 4 aromatic rings. The first-order chi connectivity index (χ1) is 15.0. The van der Waals surface area contributed by atoms with Crippen molar-refractivity contribution in [2.45, 2.75) is 33.6 Å². The van der Waals surface area contributed by atoms with E-state index in [0.29, 0.717) is 18.6 Å². The number of anilines is 2. The molecule has 0 saturated carbocycles. The van der Waals surface area contributed by atoms with Crippen molar-refractivity contribution < 1.29 is 13.9 Å². The second kappa shape index (κ2) is 8.49. The highest BCUT2D eigenvalue weighted by Crippen LogP contribution is 2.29. The van der Waals surface area contributed by atoms with Crippen LogP contribution in [-0.2, 0) is 16.0 Å². The molecule has 0 saturated heterocycles. The molecular weight excluding hydrogens is 388 g/mol. The molecule has 31 heavy (non-hydrogen) atoms. The molecular formula is C25H25N4O2+. The number of aromatic amines is 1. The van der Waals surface area contributed by atoms with Crippen LogP contribution in [0.15, 0.2) is 48.5 Å². The van der Waals surface area contributed by atoms with Crippen molar-refractivity contribution in [1.29, 1.82) is 5.26 Å². The molecule has 0 aliphatic carbocycles. The molecule has 156 valence electrons. The number of hydrogen-bond acceptors (Lipinski definition) is 4. The summed E-state index contributed by atoms with van der Waals surface area (Å²) in [4.78, 5) is 15.5. The third-order valence-electron chi connectivity index (χ3n) is 5.47. The maximum Gasteiger partial charge on any atom is 0.306 e. The molecule has 2 N–H and O–H groups in total. The largest absolute Gasteiger partial charge is 0.466 e. The van der Waals surface area contributed by atoms with Crippen molar-refractivity contribution in [1.82, 2.24) is 4.98 Å². The summed E-state index contributed by atoms with van der Waals surface area (Å²) in [7, 11) is 0. The second-order valence-electron chi connectivity index (χ2n) is 7.56. The Morgan fingerprint density at radius 1 is 1.19 bits per heavy atom. The van der Waals surface area contributed by atoms with E-state index in [0.717, 1.165) is 44.9 Å². The van der Waals surface area contributed by atoms with E-state index in [-0.39, 0.29) is 12.4 Å². The molecule has 2 aromatic heterocycles. The highest BCUT2D eigenvalue weighted by Gasteiger charge is 2.26. The zero-order chi connectivity index (χ0) is 22.0. The van der Waals surface area contributed by atoms with Gasteiger partial charge in [-0.3, -0.25) is 15.1 Å². The van der Waals surface area contributed by atoms with Crippen LogP contribution in [0.4, 0.5) is 11.5 Å². The Bertz CT molecular complexity index is 1330. The van der Waals surface area contributed by atoms with Crippen molar-refractivity contribution in [2.24, 2.45) is 0 Å². The number of carbonyl (C=O) groups excluding carboxylic acids is 1. The Morgan fingerprint density at radius 2 is 2.00 bits per heavy atom. The Hall–Kier alpha value is -3.85. The smallest absolute Gasteiger partial charge is 0.306 e. The lowest BCUT2D eigenvalue weighted by Gasteiger charge is -2.14. The third kappa shape index (κ3) is 3.82. The van der Waals surface area contributed by atoms with Crippen LogP contribution in [0.3, 0.4) is 0 Å². The van der Waals surface area contributed by atoms with E-state index in [4.69, 9.17) is 4.74 Å². The molecule has 0 spiro atoms. The van der Waals surface area contributed by atoms with E-state index >= 15 is 0 Å². The van der Waals surface area contributed by atoms with Crippen LogP contribution in [0.25, 0.3) is 16.7 Å². The number of aromatic nitrogens is 2. The van der Waals surface area contributed by atoms with E-state index in [1.54, 1.807) is 6.92 Å². The monoisotopic (exact) mass is 413 g/mol. The summed E-state index contributed by atoms with van der Waals surface area (Å²) in [5, 5.41) is 13.5. The maximum atomic E-state index is 12.1. The number of para-hydroxylation sites is 2. The van der Waals surface area contributed by atoms with Gasteiger partial charge in [0.05, 0.1) is 12.3 Å². The first-order valence-corrected chi connectivity index (χ1v) is 10.4. The Labute approximate surface area is 181 Å². The first kappa shape index (κ1) is 20.4. The number of benzene rings is 2. The number of esters is 1. The van der Waals surface area contributed by atoms with Gasteiger partial charge in [0.25, 0.3) is 0 Å². The minimum Gasteiger partial charge on any atom is -0.466 e. The normalized spacial score (nSPS) is 10.9. The fourth-order valence-electron chi connectivity index (χ4n) is 4.02. The van der Waals surface area contributed by atoms with Crippen LogP contribution in [-0.4, -0.2) is 17.6 Å². The third-order valence-corrected chi connectivity index (χ3v) is 5.47. The molecule has 0 radical (unpaired) electrons. The highest BCUT2D eigenvalue weighted by atomic mass is 16.5. The van der Waals surface area contributed by atoms with Crippen LogP contribution in [0.5, 0.6) is 0 Å². The van der Waals surface area contributed by atoms with Gasteiger partial charge in [0.15, 0.2) is 0 Å². The van der Waals surface area contributed by atoms with Gasteiger partial charge < -0.3 is 4.74 Å². The lowest BCUT2D eigenvalue weighted by atomic mass is 10.00. The summed E-state index contributed by atoms with van der Waals surface area (Å²) >= 11 is 0. The average Bonchev–Trinajstić information content (AvgIpc) is 3.13. The molecule has 2 aromatic carbocycles. The molecule has 0 fully saturated rings. The number of ether oxygens (including phenoxy) is 1. The number of pyridine rings is 1. The topological polar surface area (TPSA) is 82.0 Å². The molecule has 0 atom stereocenters. The number of imidazole rings is 1. The number of hydrogen-bond donors (Lipinski definition) is 2. The minimum absolute atomic E-state index is 0.245. The van der Waals surface area contributed by atoms with Gasteiger partial charge in [0, 0.05) is 12.0 Å². The van der Waals surface area contributed by atoms with Crippen LogP contribution in [0.1, 0.15) is 35.6 Å². The fourth-order valence-corrected chi connectivity index (χ4v) is 4.02. The molecule has 0 aliphatic heterocycles. The Morgan fingerprint density at radius 3 is 2.74 bits per heavy atom. The first-order valence-electron chi connectivity index (χ1n) is 10.4. The molecule has 0 bridgehead atoms. The molecule has 0 amide bonds. The molecule has 6 nitrogen and oxygen atoms in total. The van der Waals surface area contributed by atoms with Crippen molar-refractivity contribution in [3.63, 3.8) is 0 Å². The van der Waals surface area contributed by atoms with Crippen molar-refractivity contribution in [3.8, 4) is 6.07 Å². The van der Waals surface area contributed by atoms with Crippen LogP contribution >= 0.6 is 0 Å². The summed E-state index contributed by atoms with van der Waals surface area (Å²) in [6, 6.07) is 18.4. The van der Waals surface area contributed by atoms with E-state index in [2.05, 4.69) is 22.4 Å². The van der Waals surface area contributed by atoms with Gasteiger partial charge in [0.1, 0.15) is 22.7 Å². The number of carbonyl (C=O) groups is 1. The summed E-state index contributed by atoms with van der Waals surface area (Å²) in [5.41, 5.74) is 7.07. The van der Waals surface area contributed by atoms with Crippen molar-refractivity contribution >= 4 is 34.2 Å². The fraction of sp³-hybridized carbons (Fsp3) is 0.240. The van der Waals surface area contributed by atoms with E-state index in [9.17, 15) is 10.1 Å². The van der Waals surface area contributed by atoms with E-state index in [1.165, 1.54) is 0 Å². The Balaban J connectivity index is 1.98. The number of H-pyrrole nitrogens is 1. The lowest BCUT2D eigenvalue weighted by Crippen LogP contribution is -2.29. The number of nitrogens with one attached hydrogen (secondary N) is 2. The number of rotatable bonds is 6. The standard InChI is InChI=1S/C25H24N4O2/c1-4-31-23(30)13-12-19-17(3)20(15-26)25-28-21-10-5-6-11-22(21)29(25)24(19)27-18-9-7-8-16(2)14-18/h5-11,14H,4,12-13H2,1-3H3,(H,27,28)/p+1. The second-order valence-corrected chi connectivity index (χ2v) is 7.56. The van der Waals surface area contributed by atoms with Crippen LogP contribution in [0.2, 0.25) is 0 Å². The molecule has 0 aliphatic rings. The van der Waals surface area contributed by atoms with Gasteiger partial charge in [-0.2, -0.15) is 9.66 Å². The quantitative estimate of drug-likeness (QED) is 0.357. The zero-order valence-electron chi connectivity index (χ0n) is 18.0. The van der Waals surface area contributed by atoms with Gasteiger partial charge in [-0.15, -0.1) is 0 Å². The van der Waals surface area contributed by atoms with Gasteiger partial charge >= 0.3 is 5.97 Å². The predicted octanol–water partition coefficient (Wildman–Crippen LogP) is 4.63. The summed E-state index contributed by atoms with van der Waals surface area (Å²) in [6.07, 6.45) is 0.715. The zero-order valence-corrected chi connectivity index (χ0v) is 18.0. The summed E-state index contributed by atoms with van der Waals surface area (Å²) < 4.78 is 7.18. The summed E-state index contributed by atoms with van der Waals surface area (Å²) in [5.74, 6) is 0.602. The number of nitrogens with zero attached hydrogens (tertiary/aromatic N) is 2. The van der Waals surface area contributed by atoms with Crippen LogP contribution in [0, 0.1) is 25.2 Å². The predicted molar refractivity (Wildman–Crippen MR) is 120 cm³/mol. The SMILES string of the molecule is CCOC(=O)CCc1c(C)c(C#N)c2[nH]c3ccccc3[n+]2c1Nc1cccc(C)c1. The van der Waals surface area contributed by atoms with Crippen molar-refractivity contribution in [3.05, 3.63) is 70.8 Å². The molecule has 4 rings (SSSR count). The van der Waals surface area contributed by atoms with Gasteiger partial charge in [-0.05, 0) is 62.6 Å². The van der Waals surface area contributed by atoms with Crippen LogP contribution < -0.4 is 9.72 Å². The van der Waals surface area contributed by atoms with E-state index < -0.39 is 0 Å². The maximum absolute atomic E-state index is 12.1. The number of aryl methyl sites for hydroxylation is 1.